The van der Waals surface area contributed by atoms with Crippen LogP contribution in [0.25, 0.3) is 0 Å². The molecule has 0 saturated heterocycles. The Hall–Kier alpha value is -2.74. The van der Waals surface area contributed by atoms with Gasteiger partial charge in [-0.05, 0) is 49.6 Å². The van der Waals surface area contributed by atoms with Crippen molar-refractivity contribution >= 4 is 34.1 Å². The van der Waals surface area contributed by atoms with Crippen LogP contribution in [0, 0.1) is 12.7 Å². The second-order valence-electron chi connectivity index (χ2n) is 7.42. The molecule has 6 nitrogen and oxygen atoms in total. The highest BCUT2D eigenvalue weighted by molar-refractivity contribution is 7.17. The molecule has 152 valence electrons. The summed E-state index contributed by atoms with van der Waals surface area (Å²) in [6.07, 6.45) is 0.554. The zero-order chi connectivity index (χ0) is 20.9. The lowest BCUT2D eigenvalue weighted by Crippen LogP contribution is -2.38. The number of rotatable bonds is 2. The Labute approximate surface area is 172 Å². The summed E-state index contributed by atoms with van der Waals surface area (Å²) in [5.41, 5.74) is 2.62. The fraction of sp³-hybridized carbons (Fsp3) is 0.381. The second-order valence-corrected chi connectivity index (χ2v) is 8.50. The van der Waals surface area contributed by atoms with E-state index in [1.165, 1.54) is 34.4 Å². The summed E-state index contributed by atoms with van der Waals surface area (Å²) >= 11 is 1.42. The highest BCUT2D eigenvalue weighted by atomic mass is 32.1. The molecule has 8 heteroatoms. The van der Waals surface area contributed by atoms with Crippen LogP contribution in [0.2, 0.25) is 0 Å². The molecule has 2 aromatic rings. The molecule has 0 aliphatic carbocycles. The average Bonchev–Trinajstić information content (AvgIpc) is 3.01. The number of hydrogen-bond donors (Lipinski definition) is 0. The van der Waals surface area contributed by atoms with Gasteiger partial charge in [-0.2, -0.15) is 0 Å². The summed E-state index contributed by atoms with van der Waals surface area (Å²) in [7, 11) is 1.64. The van der Waals surface area contributed by atoms with Gasteiger partial charge in [0.1, 0.15) is 17.4 Å². The highest BCUT2D eigenvalue weighted by Crippen LogP contribution is 2.41. The first-order valence-electron chi connectivity index (χ1n) is 9.57. The van der Waals surface area contributed by atoms with Gasteiger partial charge < -0.3 is 14.7 Å². The number of likely N-dealkylation sites (N-methyl/N-ethyl adjacent to an activating group) is 2. The van der Waals surface area contributed by atoms with Crippen molar-refractivity contribution in [2.75, 3.05) is 31.6 Å². The summed E-state index contributed by atoms with van der Waals surface area (Å²) in [6, 6.07) is 4.17. The monoisotopic (exact) mass is 415 g/mol. The number of hydrogen-bond acceptors (Lipinski definition) is 4. The van der Waals surface area contributed by atoms with Gasteiger partial charge >= 0.3 is 0 Å². The van der Waals surface area contributed by atoms with Crippen LogP contribution in [0.3, 0.4) is 0 Å². The van der Waals surface area contributed by atoms with Gasteiger partial charge in [-0.3, -0.25) is 14.4 Å². The summed E-state index contributed by atoms with van der Waals surface area (Å²) in [5.74, 6) is -0.760. The van der Waals surface area contributed by atoms with Crippen LogP contribution in [-0.4, -0.2) is 54.2 Å². The zero-order valence-corrected chi connectivity index (χ0v) is 17.4. The van der Waals surface area contributed by atoms with Crippen molar-refractivity contribution in [3.63, 3.8) is 0 Å². The first-order valence-corrected chi connectivity index (χ1v) is 10.4. The van der Waals surface area contributed by atoms with Crippen molar-refractivity contribution < 1.29 is 18.8 Å². The van der Waals surface area contributed by atoms with Crippen molar-refractivity contribution in [1.29, 1.82) is 0 Å². The molecule has 0 fully saturated rings. The minimum atomic E-state index is -0.367. The van der Waals surface area contributed by atoms with Crippen LogP contribution >= 0.6 is 11.3 Å². The number of aryl methyl sites for hydroxylation is 1. The maximum absolute atomic E-state index is 13.4. The molecule has 2 aliphatic heterocycles. The van der Waals surface area contributed by atoms with E-state index in [1.54, 1.807) is 23.8 Å². The topological polar surface area (TPSA) is 60.9 Å². The van der Waals surface area contributed by atoms with Crippen LogP contribution in [0.1, 0.15) is 43.6 Å². The zero-order valence-electron chi connectivity index (χ0n) is 16.6. The molecule has 3 heterocycles. The molecular formula is C21H22FN3O3S. The summed E-state index contributed by atoms with van der Waals surface area (Å²) in [6.45, 7) is 5.02. The SMILES string of the molecule is CCN1C(=O)CN(C)C(=O)c2c1sc1c2CCN(C(=O)c2ccc(F)cc2C)C1. The molecule has 2 aliphatic rings. The third kappa shape index (κ3) is 3.21. The Bertz CT molecular complexity index is 1030. The van der Waals surface area contributed by atoms with Crippen LogP contribution in [-0.2, 0) is 17.8 Å². The van der Waals surface area contributed by atoms with Gasteiger partial charge in [0.15, 0.2) is 0 Å². The number of benzene rings is 1. The maximum Gasteiger partial charge on any atom is 0.257 e. The predicted molar refractivity (Wildman–Crippen MR) is 109 cm³/mol. The first kappa shape index (κ1) is 19.6. The Morgan fingerprint density at radius 3 is 2.69 bits per heavy atom. The van der Waals surface area contributed by atoms with Gasteiger partial charge in [-0.1, -0.05) is 0 Å². The van der Waals surface area contributed by atoms with E-state index in [4.69, 9.17) is 0 Å². The van der Waals surface area contributed by atoms with Crippen molar-refractivity contribution in [1.82, 2.24) is 9.80 Å². The van der Waals surface area contributed by atoms with E-state index in [0.29, 0.717) is 47.7 Å². The van der Waals surface area contributed by atoms with E-state index in [-0.39, 0.29) is 30.1 Å². The minimum Gasteiger partial charge on any atom is -0.333 e. The lowest BCUT2D eigenvalue weighted by molar-refractivity contribution is -0.118. The second kappa shape index (κ2) is 7.26. The van der Waals surface area contributed by atoms with Crippen LogP contribution < -0.4 is 4.90 Å². The molecule has 0 spiro atoms. The van der Waals surface area contributed by atoms with Crippen LogP contribution in [0.4, 0.5) is 9.39 Å². The number of thiophene rings is 1. The molecule has 0 radical (unpaired) electrons. The van der Waals surface area contributed by atoms with Gasteiger partial charge in [0.05, 0.1) is 12.1 Å². The summed E-state index contributed by atoms with van der Waals surface area (Å²) in [4.78, 5) is 44.3. The molecule has 0 bridgehead atoms. The van der Waals surface area contributed by atoms with E-state index < -0.39 is 0 Å². The summed E-state index contributed by atoms with van der Waals surface area (Å²) in [5, 5.41) is 0.684. The number of halogens is 1. The third-order valence-corrected chi connectivity index (χ3v) is 6.78. The van der Waals surface area contributed by atoms with Gasteiger partial charge in [0.2, 0.25) is 5.91 Å². The van der Waals surface area contributed by atoms with E-state index in [1.807, 2.05) is 6.92 Å². The maximum atomic E-state index is 13.4. The minimum absolute atomic E-state index is 0.0668. The normalized spacial score (nSPS) is 16.6. The highest BCUT2D eigenvalue weighted by Gasteiger charge is 2.37. The molecular weight excluding hydrogens is 393 g/mol. The van der Waals surface area contributed by atoms with Crippen LogP contribution in [0.15, 0.2) is 18.2 Å². The molecule has 29 heavy (non-hydrogen) atoms. The molecule has 1 aromatic heterocycles. The molecule has 4 rings (SSSR count). The predicted octanol–water partition coefficient (Wildman–Crippen LogP) is 2.83. The number of nitrogens with zero attached hydrogens (tertiary/aromatic N) is 3. The quantitative estimate of drug-likeness (QED) is 0.758. The fourth-order valence-electron chi connectivity index (χ4n) is 3.99. The van der Waals surface area contributed by atoms with Gasteiger partial charge in [0, 0.05) is 30.6 Å². The van der Waals surface area contributed by atoms with Crippen molar-refractivity contribution in [2.45, 2.75) is 26.8 Å². The molecule has 0 N–H and O–H groups in total. The Balaban J connectivity index is 1.69. The van der Waals surface area contributed by atoms with E-state index >= 15 is 0 Å². The average molecular weight is 415 g/mol. The standard InChI is InChI=1S/C21H22FN3O3S/c1-4-25-17(26)11-23(3)20(28)18-15-7-8-24(10-16(15)29-21(18)25)19(27)14-6-5-13(22)9-12(14)2/h5-6,9H,4,7-8,10-11H2,1-3H3. The lowest BCUT2D eigenvalue weighted by Gasteiger charge is -2.28. The molecule has 3 amide bonds. The Morgan fingerprint density at radius 2 is 2.00 bits per heavy atom. The molecule has 0 unspecified atom stereocenters. The third-order valence-electron chi connectivity index (χ3n) is 5.54. The van der Waals surface area contributed by atoms with E-state index in [9.17, 15) is 18.8 Å². The first-order chi connectivity index (χ1) is 13.8. The van der Waals surface area contributed by atoms with Crippen LogP contribution in [0.5, 0.6) is 0 Å². The lowest BCUT2D eigenvalue weighted by atomic mass is 10.0. The van der Waals surface area contributed by atoms with E-state index in [2.05, 4.69) is 0 Å². The number of carbonyl (C=O) groups excluding carboxylic acids is 3. The van der Waals surface area contributed by atoms with E-state index in [0.717, 1.165) is 10.4 Å². The smallest absolute Gasteiger partial charge is 0.257 e. The molecule has 0 atom stereocenters. The number of fused-ring (bicyclic) bond motifs is 3. The number of amides is 3. The van der Waals surface area contributed by atoms with Gasteiger partial charge in [0.25, 0.3) is 11.8 Å². The summed E-state index contributed by atoms with van der Waals surface area (Å²) < 4.78 is 13.4. The molecule has 1 aromatic carbocycles. The molecule has 0 saturated carbocycles. The number of anilines is 1. The van der Waals surface area contributed by atoms with Gasteiger partial charge in [-0.25, -0.2) is 4.39 Å². The van der Waals surface area contributed by atoms with Crippen molar-refractivity contribution in [2.24, 2.45) is 0 Å². The van der Waals surface area contributed by atoms with Crippen molar-refractivity contribution in [3.8, 4) is 0 Å². The number of carbonyl (C=O) groups is 3. The fourth-order valence-corrected chi connectivity index (χ4v) is 5.43. The van der Waals surface area contributed by atoms with Crippen molar-refractivity contribution in [3.05, 3.63) is 51.1 Å². The van der Waals surface area contributed by atoms with Gasteiger partial charge in [-0.15, -0.1) is 11.3 Å². The Kier molecular flexibility index (Phi) is 4.90. The Morgan fingerprint density at radius 1 is 1.24 bits per heavy atom. The largest absolute Gasteiger partial charge is 0.333 e.